The quantitative estimate of drug-likeness (QED) is 0.779. The van der Waals surface area contributed by atoms with Crippen molar-refractivity contribution in [1.82, 2.24) is 0 Å². The zero-order chi connectivity index (χ0) is 17.6. The summed E-state index contributed by atoms with van der Waals surface area (Å²) in [5.74, 6) is -1.60. The van der Waals surface area contributed by atoms with Crippen molar-refractivity contribution in [3.8, 4) is 0 Å². The molecule has 5 atom stereocenters. The van der Waals surface area contributed by atoms with E-state index < -0.39 is 23.6 Å². The van der Waals surface area contributed by atoms with Crippen molar-refractivity contribution in [1.29, 1.82) is 0 Å². The third kappa shape index (κ3) is 3.12. The summed E-state index contributed by atoms with van der Waals surface area (Å²) in [5.41, 5.74) is -1.36. The lowest BCUT2D eigenvalue weighted by atomic mass is 9.44. The predicted molar refractivity (Wildman–Crippen MR) is 85.8 cm³/mol. The largest absolute Gasteiger partial charge is 0.481 e. The Kier molecular flexibility index (Phi) is 4.57. The number of esters is 1. The van der Waals surface area contributed by atoms with Gasteiger partial charge in [-0.25, -0.2) is 0 Å². The molecule has 0 heterocycles. The lowest BCUT2D eigenvalue weighted by Crippen LogP contribution is -2.64. The Morgan fingerprint density at radius 2 is 1.78 bits per heavy atom. The van der Waals surface area contributed by atoms with Gasteiger partial charge in [-0.2, -0.15) is 0 Å². The Morgan fingerprint density at radius 3 is 2.30 bits per heavy atom. The first-order valence-electron chi connectivity index (χ1n) is 8.52. The van der Waals surface area contributed by atoms with Gasteiger partial charge < -0.3 is 14.9 Å². The Balaban J connectivity index is 2.51. The smallest absolute Gasteiger partial charge is 0.303 e. The van der Waals surface area contributed by atoms with Crippen LogP contribution in [0.4, 0.5) is 0 Å². The molecule has 2 aliphatic rings. The first-order valence-corrected chi connectivity index (χ1v) is 8.52. The maximum atomic E-state index is 11.6. The first kappa shape index (κ1) is 18.2. The van der Waals surface area contributed by atoms with E-state index in [0.717, 1.165) is 19.3 Å². The van der Waals surface area contributed by atoms with Crippen LogP contribution in [0.5, 0.6) is 0 Å². The lowest BCUT2D eigenvalue weighted by molar-refractivity contribution is -0.229. The third-order valence-electron chi connectivity index (χ3n) is 6.38. The van der Waals surface area contributed by atoms with Crippen LogP contribution >= 0.6 is 0 Å². The standard InChI is InChI=1S/C18H30O5/c1-11(19)23-18(5)10-12(20)15-16(2,3)7-6-8-17(15,4)13(18)9-14(21)22/h12-13,15,20H,6-10H2,1-5H3,(H,21,22)/t12-,13+,15+,17+,18+/m0/s1. The van der Waals surface area contributed by atoms with Gasteiger partial charge in [-0.15, -0.1) is 0 Å². The van der Waals surface area contributed by atoms with Crippen molar-refractivity contribution in [3.63, 3.8) is 0 Å². The summed E-state index contributed by atoms with van der Waals surface area (Å²) < 4.78 is 5.58. The highest BCUT2D eigenvalue weighted by Gasteiger charge is 2.63. The molecule has 2 aliphatic carbocycles. The third-order valence-corrected chi connectivity index (χ3v) is 6.38. The van der Waals surface area contributed by atoms with Crippen LogP contribution in [0, 0.1) is 22.7 Å². The maximum Gasteiger partial charge on any atom is 0.303 e. The van der Waals surface area contributed by atoms with E-state index in [-0.39, 0.29) is 29.1 Å². The van der Waals surface area contributed by atoms with Crippen molar-refractivity contribution < 1.29 is 24.5 Å². The van der Waals surface area contributed by atoms with Gasteiger partial charge in [-0.3, -0.25) is 9.59 Å². The van der Waals surface area contributed by atoms with Crippen molar-refractivity contribution in [3.05, 3.63) is 0 Å². The topological polar surface area (TPSA) is 83.8 Å². The van der Waals surface area contributed by atoms with E-state index in [4.69, 9.17) is 4.74 Å². The number of rotatable bonds is 3. The van der Waals surface area contributed by atoms with E-state index in [1.54, 1.807) is 6.92 Å². The summed E-state index contributed by atoms with van der Waals surface area (Å²) in [4.78, 5) is 23.1. The van der Waals surface area contributed by atoms with Gasteiger partial charge in [0.15, 0.2) is 0 Å². The first-order chi connectivity index (χ1) is 10.4. The number of fused-ring (bicyclic) bond motifs is 1. The number of ether oxygens (including phenoxy) is 1. The zero-order valence-corrected chi connectivity index (χ0v) is 14.9. The van der Waals surface area contributed by atoms with E-state index in [9.17, 15) is 19.8 Å². The molecular formula is C18H30O5. The fraction of sp³-hybridized carbons (Fsp3) is 0.889. The van der Waals surface area contributed by atoms with Gasteiger partial charge in [-0.1, -0.05) is 27.2 Å². The molecule has 5 heteroatoms. The molecule has 0 aliphatic heterocycles. The summed E-state index contributed by atoms with van der Waals surface area (Å²) in [6, 6.07) is 0. The minimum atomic E-state index is -0.942. The maximum absolute atomic E-state index is 11.6. The molecule has 0 bridgehead atoms. The second kappa shape index (κ2) is 5.76. The number of aliphatic carboxylic acids is 1. The summed E-state index contributed by atoms with van der Waals surface area (Å²) in [5, 5.41) is 20.3. The van der Waals surface area contributed by atoms with Gasteiger partial charge in [0.05, 0.1) is 12.5 Å². The number of carboxylic acids is 1. The molecule has 2 saturated carbocycles. The van der Waals surface area contributed by atoms with Crippen LogP contribution in [0.2, 0.25) is 0 Å². The van der Waals surface area contributed by atoms with E-state index in [1.807, 2.05) is 0 Å². The Hall–Kier alpha value is -1.10. The molecule has 0 radical (unpaired) electrons. The van der Waals surface area contributed by atoms with Crippen LogP contribution in [0.1, 0.15) is 66.7 Å². The van der Waals surface area contributed by atoms with Gasteiger partial charge in [0.1, 0.15) is 5.60 Å². The minimum Gasteiger partial charge on any atom is -0.481 e. The number of aliphatic hydroxyl groups excluding tert-OH is 1. The summed E-state index contributed by atoms with van der Waals surface area (Å²) in [6.45, 7) is 9.52. The van der Waals surface area contributed by atoms with Crippen LogP contribution in [0.25, 0.3) is 0 Å². The van der Waals surface area contributed by atoms with E-state index in [1.165, 1.54) is 6.92 Å². The molecule has 2 N–H and O–H groups in total. The Labute approximate surface area is 138 Å². The monoisotopic (exact) mass is 326 g/mol. The van der Waals surface area contributed by atoms with Gasteiger partial charge in [-0.05, 0) is 36.5 Å². The van der Waals surface area contributed by atoms with Gasteiger partial charge in [0, 0.05) is 19.3 Å². The van der Waals surface area contributed by atoms with E-state index in [0.29, 0.717) is 6.42 Å². The van der Waals surface area contributed by atoms with Crippen molar-refractivity contribution >= 4 is 11.9 Å². The number of carbonyl (C=O) groups excluding carboxylic acids is 1. The van der Waals surface area contributed by atoms with Gasteiger partial charge in [0.25, 0.3) is 0 Å². The Bertz CT molecular complexity index is 500. The van der Waals surface area contributed by atoms with E-state index in [2.05, 4.69) is 20.8 Å². The van der Waals surface area contributed by atoms with Crippen LogP contribution in [-0.4, -0.2) is 33.9 Å². The molecule has 0 saturated heterocycles. The van der Waals surface area contributed by atoms with E-state index >= 15 is 0 Å². The zero-order valence-electron chi connectivity index (χ0n) is 14.9. The molecule has 0 aromatic carbocycles. The molecular weight excluding hydrogens is 296 g/mol. The average molecular weight is 326 g/mol. The van der Waals surface area contributed by atoms with Crippen LogP contribution < -0.4 is 0 Å². The molecule has 2 fully saturated rings. The SMILES string of the molecule is CC(=O)O[C@]1(C)C[C@H](O)[C@@H]2C(C)(C)CCC[C@]2(C)[C@H]1CC(=O)O. The molecule has 0 amide bonds. The number of hydrogen-bond donors (Lipinski definition) is 2. The number of carbonyl (C=O) groups is 2. The molecule has 23 heavy (non-hydrogen) atoms. The highest BCUT2D eigenvalue weighted by Crippen LogP contribution is 2.63. The molecule has 132 valence electrons. The minimum absolute atomic E-state index is 0.0109. The van der Waals surface area contributed by atoms with Gasteiger partial charge >= 0.3 is 11.9 Å². The lowest BCUT2D eigenvalue weighted by Gasteiger charge is -2.63. The number of hydrogen-bond acceptors (Lipinski definition) is 4. The molecule has 0 aromatic heterocycles. The highest BCUT2D eigenvalue weighted by atomic mass is 16.6. The molecule has 0 unspecified atom stereocenters. The van der Waals surface area contributed by atoms with Gasteiger partial charge in [0.2, 0.25) is 0 Å². The van der Waals surface area contributed by atoms with Crippen LogP contribution in [0.15, 0.2) is 0 Å². The normalized spacial score (nSPS) is 42.6. The average Bonchev–Trinajstić information content (AvgIpc) is 2.31. The summed E-state index contributed by atoms with van der Waals surface area (Å²) in [7, 11) is 0. The number of carboxylic acid groups (broad SMARTS) is 1. The second-order valence-corrected chi connectivity index (χ2v) is 8.65. The number of aliphatic hydroxyl groups is 1. The van der Waals surface area contributed by atoms with Crippen LogP contribution in [0.3, 0.4) is 0 Å². The predicted octanol–water partition coefficient (Wildman–Crippen LogP) is 3.00. The molecule has 0 aromatic rings. The Morgan fingerprint density at radius 1 is 1.17 bits per heavy atom. The summed E-state index contributed by atoms with van der Waals surface area (Å²) >= 11 is 0. The second-order valence-electron chi connectivity index (χ2n) is 8.65. The fourth-order valence-electron chi connectivity index (χ4n) is 5.92. The molecule has 0 spiro atoms. The van der Waals surface area contributed by atoms with Crippen molar-refractivity contribution in [2.45, 2.75) is 78.4 Å². The van der Waals surface area contributed by atoms with Crippen molar-refractivity contribution in [2.75, 3.05) is 0 Å². The molecule has 2 rings (SSSR count). The highest BCUT2D eigenvalue weighted by molar-refractivity contribution is 5.69. The van der Waals surface area contributed by atoms with Crippen molar-refractivity contribution in [2.24, 2.45) is 22.7 Å². The fourth-order valence-corrected chi connectivity index (χ4v) is 5.92. The molecule has 5 nitrogen and oxygen atoms in total. The van der Waals surface area contributed by atoms with Crippen LogP contribution in [-0.2, 0) is 14.3 Å². The summed E-state index contributed by atoms with van der Waals surface area (Å²) in [6.07, 6.45) is 2.54.